The van der Waals surface area contributed by atoms with Crippen molar-refractivity contribution in [1.82, 2.24) is 10.1 Å². The highest BCUT2D eigenvalue weighted by Crippen LogP contribution is 2.46. The zero-order valence-corrected chi connectivity index (χ0v) is 8.67. The number of nitrogens with zero attached hydrogens (tertiary/aromatic N) is 3. The molecule has 0 aromatic carbocycles. The third-order valence-electron chi connectivity index (χ3n) is 2.81. The summed E-state index contributed by atoms with van der Waals surface area (Å²) in [6.07, 6.45) is 2.42. The van der Waals surface area contributed by atoms with Crippen LogP contribution in [0.25, 0.3) is 11.4 Å². The standard InChI is InChI=1S/C11H9N3O2/c1-6-8(2-3-15-6)10-13-11(16-14-10)9-4-7(9)5-12/h2-3,7,9H,4H2,1H3. The summed E-state index contributed by atoms with van der Waals surface area (Å²) in [6, 6.07) is 4.00. The van der Waals surface area contributed by atoms with Gasteiger partial charge in [-0.15, -0.1) is 0 Å². The van der Waals surface area contributed by atoms with E-state index < -0.39 is 0 Å². The van der Waals surface area contributed by atoms with Crippen LogP contribution < -0.4 is 0 Å². The normalized spacial score (nSPS) is 23.0. The van der Waals surface area contributed by atoms with Gasteiger partial charge in [-0.25, -0.2) is 0 Å². The van der Waals surface area contributed by atoms with E-state index in [0.717, 1.165) is 17.7 Å². The van der Waals surface area contributed by atoms with Crippen molar-refractivity contribution in [1.29, 1.82) is 5.26 Å². The molecule has 0 aliphatic heterocycles. The molecule has 0 radical (unpaired) electrons. The SMILES string of the molecule is Cc1occc1-c1noc(C2CC2C#N)n1. The Labute approximate surface area is 91.7 Å². The van der Waals surface area contributed by atoms with Gasteiger partial charge >= 0.3 is 0 Å². The Morgan fingerprint density at radius 2 is 2.44 bits per heavy atom. The molecule has 0 amide bonds. The van der Waals surface area contributed by atoms with E-state index >= 15 is 0 Å². The Kier molecular flexibility index (Phi) is 1.83. The predicted molar refractivity (Wildman–Crippen MR) is 53.2 cm³/mol. The second kappa shape index (κ2) is 3.20. The van der Waals surface area contributed by atoms with E-state index in [1.165, 1.54) is 0 Å². The molecule has 3 rings (SSSR count). The molecule has 0 spiro atoms. The lowest BCUT2D eigenvalue weighted by atomic mass is 10.2. The molecule has 80 valence electrons. The van der Waals surface area contributed by atoms with Gasteiger partial charge in [-0.05, 0) is 19.4 Å². The van der Waals surface area contributed by atoms with Gasteiger partial charge in [-0.1, -0.05) is 5.16 Å². The second-order valence-corrected chi connectivity index (χ2v) is 3.92. The van der Waals surface area contributed by atoms with Gasteiger partial charge in [0.25, 0.3) is 0 Å². The summed E-state index contributed by atoms with van der Waals surface area (Å²) >= 11 is 0. The number of hydrogen-bond acceptors (Lipinski definition) is 5. The number of nitriles is 1. The number of aryl methyl sites for hydroxylation is 1. The van der Waals surface area contributed by atoms with Gasteiger partial charge in [-0.3, -0.25) is 0 Å². The summed E-state index contributed by atoms with van der Waals surface area (Å²) in [5.41, 5.74) is 0.837. The molecule has 5 heteroatoms. The number of furan rings is 1. The van der Waals surface area contributed by atoms with E-state index in [9.17, 15) is 0 Å². The number of hydrogen-bond donors (Lipinski definition) is 0. The quantitative estimate of drug-likeness (QED) is 0.767. The Morgan fingerprint density at radius 3 is 3.06 bits per heavy atom. The van der Waals surface area contributed by atoms with Gasteiger partial charge in [0.15, 0.2) is 0 Å². The van der Waals surface area contributed by atoms with Gasteiger partial charge in [0.05, 0.1) is 29.7 Å². The monoisotopic (exact) mass is 215 g/mol. The van der Waals surface area contributed by atoms with Crippen molar-refractivity contribution >= 4 is 0 Å². The van der Waals surface area contributed by atoms with E-state index in [1.807, 2.05) is 6.92 Å². The van der Waals surface area contributed by atoms with Crippen molar-refractivity contribution < 1.29 is 8.94 Å². The molecule has 2 aromatic heterocycles. The van der Waals surface area contributed by atoms with Crippen molar-refractivity contribution in [2.24, 2.45) is 5.92 Å². The van der Waals surface area contributed by atoms with E-state index in [-0.39, 0.29) is 11.8 Å². The third-order valence-corrected chi connectivity index (χ3v) is 2.81. The van der Waals surface area contributed by atoms with Crippen LogP contribution in [0, 0.1) is 24.2 Å². The summed E-state index contributed by atoms with van der Waals surface area (Å²) in [5.74, 6) is 2.02. The minimum absolute atomic E-state index is 0.0405. The predicted octanol–water partition coefficient (Wildman–Crippen LogP) is 2.27. The average molecular weight is 215 g/mol. The highest BCUT2D eigenvalue weighted by Gasteiger charge is 2.43. The number of aromatic nitrogens is 2. The fourth-order valence-corrected chi connectivity index (χ4v) is 1.72. The first-order chi connectivity index (χ1) is 7.79. The Hall–Kier alpha value is -2.09. The molecule has 2 atom stereocenters. The van der Waals surface area contributed by atoms with E-state index in [1.54, 1.807) is 12.3 Å². The summed E-state index contributed by atoms with van der Waals surface area (Å²) in [7, 11) is 0. The summed E-state index contributed by atoms with van der Waals surface area (Å²) in [6.45, 7) is 1.85. The first-order valence-electron chi connectivity index (χ1n) is 5.07. The fraction of sp³-hybridized carbons (Fsp3) is 0.364. The summed E-state index contributed by atoms with van der Waals surface area (Å²) in [5, 5.41) is 12.6. The maximum Gasteiger partial charge on any atom is 0.231 e. The smallest absolute Gasteiger partial charge is 0.231 e. The molecule has 1 fully saturated rings. The molecule has 5 nitrogen and oxygen atoms in total. The highest BCUT2D eigenvalue weighted by molar-refractivity contribution is 5.56. The van der Waals surface area contributed by atoms with Crippen molar-refractivity contribution in [3.63, 3.8) is 0 Å². The molecule has 2 heterocycles. The van der Waals surface area contributed by atoms with Crippen LogP contribution in [0.1, 0.15) is 24.0 Å². The van der Waals surface area contributed by atoms with E-state index in [0.29, 0.717) is 11.7 Å². The zero-order valence-electron chi connectivity index (χ0n) is 8.67. The molecule has 0 N–H and O–H groups in total. The van der Waals surface area contributed by atoms with Crippen molar-refractivity contribution in [2.75, 3.05) is 0 Å². The Balaban J connectivity index is 1.90. The highest BCUT2D eigenvalue weighted by atomic mass is 16.5. The lowest BCUT2D eigenvalue weighted by Crippen LogP contribution is -1.83. The van der Waals surface area contributed by atoms with Gasteiger partial charge in [-0.2, -0.15) is 10.2 Å². The first kappa shape index (κ1) is 9.16. The zero-order chi connectivity index (χ0) is 11.1. The van der Waals surface area contributed by atoms with Crippen LogP contribution in [0.15, 0.2) is 21.3 Å². The van der Waals surface area contributed by atoms with Crippen LogP contribution in [0.4, 0.5) is 0 Å². The van der Waals surface area contributed by atoms with Gasteiger partial charge in [0, 0.05) is 0 Å². The van der Waals surface area contributed by atoms with Crippen molar-refractivity contribution in [3.8, 4) is 17.5 Å². The maximum atomic E-state index is 8.72. The molecular weight excluding hydrogens is 206 g/mol. The largest absolute Gasteiger partial charge is 0.469 e. The minimum atomic E-state index is 0.0405. The second-order valence-electron chi connectivity index (χ2n) is 3.92. The molecule has 1 aliphatic rings. The molecule has 16 heavy (non-hydrogen) atoms. The van der Waals surface area contributed by atoms with Crippen LogP contribution in [0.2, 0.25) is 0 Å². The van der Waals surface area contributed by atoms with E-state index in [4.69, 9.17) is 14.2 Å². The lowest BCUT2D eigenvalue weighted by Gasteiger charge is -1.87. The minimum Gasteiger partial charge on any atom is -0.469 e. The topological polar surface area (TPSA) is 75.8 Å². The Morgan fingerprint density at radius 1 is 1.56 bits per heavy atom. The molecule has 0 bridgehead atoms. The molecule has 0 saturated heterocycles. The van der Waals surface area contributed by atoms with E-state index in [2.05, 4.69) is 16.2 Å². The van der Waals surface area contributed by atoms with Crippen molar-refractivity contribution in [2.45, 2.75) is 19.3 Å². The van der Waals surface area contributed by atoms with Gasteiger partial charge in [0.2, 0.25) is 11.7 Å². The van der Waals surface area contributed by atoms with Crippen LogP contribution in [0.3, 0.4) is 0 Å². The average Bonchev–Trinajstić information content (AvgIpc) is 2.70. The molecule has 1 saturated carbocycles. The third kappa shape index (κ3) is 1.31. The van der Waals surface area contributed by atoms with Crippen LogP contribution >= 0.6 is 0 Å². The summed E-state index contributed by atoms with van der Waals surface area (Å²) in [4.78, 5) is 4.28. The molecular formula is C11H9N3O2. The van der Waals surface area contributed by atoms with Gasteiger partial charge < -0.3 is 8.94 Å². The lowest BCUT2D eigenvalue weighted by molar-refractivity contribution is 0.378. The van der Waals surface area contributed by atoms with Gasteiger partial charge in [0.1, 0.15) is 5.76 Å². The summed E-state index contributed by atoms with van der Waals surface area (Å²) < 4.78 is 10.3. The molecule has 2 aromatic rings. The maximum absolute atomic E-state index is 8.72. The fourth-order valence-electron chi connectivity index (χ4n) is 1.72. The molecule has 2 unspecified atom stereocenters. The van der Waals surface area contributed by atoms with Crippen LogP contribution in [-0.2, 0) is 0 Å². The van der Waals surface area contributed by atoms with Crippen molar-refractivity contribution in [3.05, 3.63) is 24.0 Å². The molecule has 1 aliphatic carbocycles. The van der Waals surface area contributed by atoms with Crippen LogP contribution in [0.5, 0.6) is 0 Å². The van der Waals surface area contributed by atoms with Crippen LogP contribution in [-0.4, -0.2) is 10.1 Å². The Bertz CT molecular complexity index is 564. The number of rotatable bonds is 2. The first-order valence-corrected chi connectivity index (χ1v) is 5.07.